The number of carbonyl (C=O) groups excluding carboxylic acids is 2. The fourth-order valence-electron chi connectivity index (χ4n) is 10.2. The summed E-state index contributed by atoms with van der Waals surface area (Å²) in [6.45, 7) is 4.04. The first kappa shape index (κ1) is 29.3. The van der Waals surface area contributed by atoms with Crippen molar-refractivity contribution in [1.29, 1.82) is 0 Å². The highest BCUT2D eigenvalue weighted by molar-refractivity contribution is 6.01. The van der Waals surface area contributed by atoms with Crippen LogP contribution in [0.3, 0.4) is 0 Å². The Labute approximate surface area is 262 Å². The van der Waals surface area contributed by atoms with Crippen LogP contribution < -0.4 is 5.73 Å². The average molecular weight is 615 g/mol. The smallest absolute Gasteiger partial charge is 0.193 e. The molecule has 1 aromatic heterocycles. The number of aliphatic hydroxyl groups is 3. The van der Waals surface area contributed by atoms with Gasteiger partial charge in [-0.3, -0.25) is 9.59 Å². The first-order valence-electron chi connectivity index (χ1n) is 16.3. The molecular formula is C36H42N2O7. The predicted molar refractivity (Wildman–Crippen MR) is 164 cm³/mol. The normalized spacial score (nSPS) is 40.7. The number of ketones is 2. The van der Waals surface area contributed by atoms with E-state index in [1.165, 1.54) is 0 Å². The Morgan fingerprint density at radius 2 is 2.00 bits per heavy atom. The monoisotopic (exact) mass is 614 g/mol. The van der Waals surface area contributed by atoms with Crippen LogP contribution in [0.15, 0.2) is 60.5 Å². The molecule has 5 N–H and O–H groups in total. The predicted octanol–water partition coefficient (Wildman–Crippen LogP) is 3.70. The molecule has 4 saturated carbocycles. The van der Waals surface area contributed by atoms with Crippen LogP contribution in [0.2, 0.25) is 0 Å². The number of fused-ring (bicyclic) bond motifs is 7. The minimum absolute atomic E-state index is 0.00455. The van der Waals surface area contributed by atoms with Crippen LogP contribution in [0.25, 0.3) is 0 Å². The van der Waals surface area contributed by atoms with Gasteiger partial charge in [-0.15, -0.1) is 0 Å². The van der Waals surface area contributed by atoms with Gasteiger partial charge >= 0.3 is 0 Å². The van der Waals surface area contributed by atoms with Gasteiger partial charge in [-0.2, -0.15) is 0 Å². The number of ether oxygens (including phenoxy) is 2. The van der Waals surface area contributed by atoms with E-state index < -0.39 is 52.9 Å². The lowest BCUT2D eigenvalue weighted by Crippen LogP contribution is -2.63. The minimum atomic E-state index is -1.39. The standard InChI is InChI=1S/C36H42N2O7/c1-33-7-5-25(40)14-22(33)3-4-26-27-15-30-36(29(42)19-39,34(27,2)16-28(41)31(26)33)45-32(44-30)21-6-10-38(18-21)17-20-11-23(13-24(37)12-20)35(43)8-9-35/h5-7,10-14,18,26-28,30-32,39,41,43H,3-4,8-9,15-17,19,37H2,1-2H3/t26-,27-,28-,30+,31+,32+,33-,34-,36+/m0/s1. The second-order valence-electron chi connectivity index (χ2n) is 15.0. The Morgan fingerprint density at radius 1 is 1.20 bits per heavy atom. The third-order valence-electron chi connectivity index (χ3n) is 12.5. The number of anilines is 1. The molecule has 1 aliphatic heterocycles. The molecule has 45 heavy (non-hydrogen) atoms. The van der Waals surface area contributed by atoms with E-state index in [-0.39, 0.29) is 23.5 Å². The number of nitrogens with zero attached hydrogens (tertiary/aromatic N) is 1. The second kappa shape index (κ2) is 9.72. The first-order valence-corrected chi connectivity index (χ1v) is 16.3. The molecule has 9 nitrogen and oxygen atoms in total. The van der Waals surface area contributed by atoms with Gasteiger partial charge in [0.2, 0.25) is 0 Å². The lowest BCUT2D eigenvalue weighted by molar-refractivity contribution is -0.201. The maximum Gasteiger partial charge on any atom is 0.193 e. The number of Topliss-reactive ketones (excluding diaryl/α,β-unsaturated/α-hetero) is 1. The summed E-state index contributed by atoms with van der Waals surface area (Å²) in [6, 6.07) is 7.66. The zero-order valence-electron chi connectivity index (χ0n) is 25.8. The van der Waals surface area contributed by atoms with E-state index in [1.807, 2.05) is 54.2 Å². The Morgan fingerprint density at radius 3 is 2.76 bits per heavy atom. The summed E-state index contributed by atoms with van der Waals surface area (Å²) in [7, 11) is 0. The summed E-state index contributed by atoms with van der Waals surface area (Å²) in [5.41, 5.74) is 7.11. The quantitative estimate of drug-likeness (QED) is 0.361. The van der Waals surface area contributed by atoms with Crippen LogP contribution >= 0.6 is 0 Å². The SMILES string of the molecule is C[C@]12C=CC(=O)C=C1CC[C@@H]1[C@@H]2[C@@H](O)C[C@@]2(C)[C@H]1C[C@H]1O[C@@H](c3ccn(Cc4cc(N)cc(C5(O)CC5)c4)c3)O[C@]12C(=O)CO. The molecule has 8 rings (SSSR count). The first-order chi connectivity index (χ1) is 21.4. The number of hydrogen-bond donors (Lipinski definition) is 4. The van der Waals surface area contributed by atoms with Gasteiger partial charge in [0.25, 0.3) is 0 Å². The Kier molecular flexibility index (Phi) is 6.33. The van der Waals surface area contributed by atoms with Crippen LogP contribution in [0.5, 0.6) is 0 Å². The molecule has 9 atom stereocenters. The van der Waals surface area contributed by atoms with Gasteiger partial charge in [0, 0.05) is 46.9 Å². The molecule has 5 fully saturated rings. The highest BCUT2D eigenvalue weighted by Gasteiger charge is 2.75. The van der Waals surface area contributed by atoms with E-state index in [9.17, 15) is 24.9 Å². The van der Waals surface area contributed by atoms with Gasteiger partial charge < -0.3 is 35.1 Å². The summed E-state index contributed by atoms with van der Waals surface area (Å²) < 4.78 is 15.3. The van der Waals surface area contributed by atoms with Crippen LogP contribution in [0.4, 0.5) is 5.69 Å². The van der Waals surface area contributed by atoms with E-state index in [2.05, 4.69) is 6.92 Å². The summed E-state index contributed by atoms with van der Waals surface area (Å²) in [6.07, 6.45) is 11.1. The molecule has 2 heterocycles. The minimum Gasteiger partial charge on any atom is -0.399 e. The molecule has 0 bridgehead atoms. The van der Waals surface area contributed by atoms with Crippen LogP contribution in [0, 0.1) is 28.6 Å². The van der Waals surface area contributed by atoms with E-state index >= 15 is 0 Å². The third kappa shape index (κ3) is 4.10. The van der Waals surface area contributed by atoms with Gasteiger partial charge in [0.15, 0.2) is 23.5 Å². The fourth-order valence-corrected chi connectivity index (χ4v) is 10.2. The lowest BCUT2D eigenvalue weighted by Gasteiger charge is -2.59. The molecule has 0 spiro atoms. The molecular weight excluding hydrogens is 572 g/mol. The molecule has 2 aromatic rings. The van der Waals surface area contributed by atoms with Gasteiger partial charge in [0.1, 0.15) is 6.61 Å². The molecule has 9 heteroatoms. The van der Waals surface area contributed by atoms with Crippen LogP contribution in [0.1, 0.15) is 75.4 Å². The molecule has 5 aliphatic carbocycles. The molecule has 6 aliphatic rings. The highest BCUT2D eigenvalue weighted by atomic mass is 16.7. The fraction of sp³-hybridized carbons (Fsp3) is 0.556. The second-order valence-corrected chi connectivity index (χ2v) is 15.0. The summed E-state index contributed by atoms with van der Waals surface area (Å²) in [5, 5.41) is 32.7. The van der Waals surface area contributed by atoms with Crippen molar-refractivity contribution in [2.24, 2.45) is 28.6 Å². The van der Waals surface area contributed by atoms with Gasteiger partial charge in [0.05, 0.1) is 17.8 Å². The number of carbonyl (C=O) groups is 2. The van der Waals surface area contributed by atoms with Crippen molar-refractivity contribution >= 4 is 17.3 Å². The van der Waals surface area contributed by atoms with E-state index in [4.69, 9.17) is 15.2 Å². The van der Waals surface area contributed by atoms with E-state index in [0.717, 1.165) is 47.9 Å². The molecule has 0 radical (unpaired) electrons. The third-order valence-corrected chi connectivity index (χ3v) is 12.5. The number of nitrogen functional groups attached to an aromatic ring is 1. The van der Waals surface area contributed by atoms with E-state index in [1.54, 1.807) is 12.2 Å². The van der Waals surface area contributed by atoms with Crippen LogP contribution in [-0.4, -0.2) is 55.9 Å². The van der Waals surface area contributed by atoms with Crippen molar-refractivity contribution in [3.05, 3.63) is 77.2 Å². The topological polar surface area (TPSA) is 144 Å². The zero-order chi connectivity index (χ0) is 31.5. The summed E-state index contributed by atoms with van der Waals surface area (Å²) >= 11 is 0. The van der Waals surface area contributed by atoms with Crippen molar-refractivity contribution < 1.29 is 34.4 Å². The number of nitrogens with two attached hydrogens (primary N) is 1. The number of aromatic nitrogens is 1. The van der Waals surface area contributed by atoms with E-state index in [0.29, 0.717) is 25.1 Å². The lowest BCUT2D eigenvalue weighted by atomic mass is 9.46. The number of rotatable bonds is 6. The van der Waals surface area contributed by atoms with Crippen molar-refractivity contribution in [2.45, 2.75) is 88.6 Å². The van der Waals surface area contributed by atoms with Crippen molar-refractivity contribution in [2.75, 3.05) is 12.3 Å². The number of aliphatic hydroxyl groups excluding tert-OH is 2. The Bertz CT molecular complexity index is 1660. The largest absolute Gasteiger partial charge is 0.399 e. The highest BCUT2D eigenvalue weighted by Crippen LogP contribution is 2.70. The molecule has 1 aromatic carbocycles. The van der Waals surface area contributed by atoms with Crippen LogP contribution in [-0.2, 0) is 31.2 Å². The Hall–Kier alpha value is -3.08. The maximum absolute atomic E-state index is 13.8. The number of hydrogen-bond acceptors (Lipinski definition) is 8. The van der Waals surface area contributed by atoms with Crippen molar-refractivity contribution in [3.63, 3.8) is 0 Å². The molecule has 0 amide bonds. The Balaban J connectivity index is 1.07. The van der Waals surface area contributed by atoms with Gasteiger partial charge in [-0.25, -0.2) is 0 Å². The molecule has 238 valence electrons. The summed E-state index contributed by atoms with van der Waals surface area (Å²) in [5.74, 6) is -0.342. The van der Waals surface area contributed by atoms with Crippen molar-refractivity contribution in [1.82, 2.24) is 4.57 Å². The number of benzene rings is 1. The van der Waals surface area contributed by atoms with Crippen molar-refractivity contribution in [3.8, 4) is 0 Å². The van der Waals surface area contributed by atoms with Gasteiger partial charge in [-0.1, -0.05) is 31.6 Å². The number of allylic oxidation sites excluding steroid dienone is 4. The zero-order valence-corrected chi connectivity index (χ0v) is 25.8. The average Bonchev–Trinajstić information content (AvgIpc) is 3.31. The summed E-state index contributed by atoms with van der Waals surface area (Å²) in [4.78, 5) is 26.0. The van der Waals surface area contributed by atoms with Gasteiger partial charge in [-0.05, 0) is 91.8 Å². The molecule has 0 unspecified atom stereocenters. The molecule has 1 saturated heterocycles. The maximum atomic E-state index is 13.8.